The second-order valence-electron chi connectivity index (χ2n) is 6.30. The fourth-order valence-electron chi connectivity index (χ4n) is 2.22. The molecule has 124 valence electrons. The van der Waals surface area contributed by atoms with Crippen LogP contribution in [0.4, 0.5) is 0 Å². The number of amides is 1. The molecule has 0 radical (unpaired) electrons. The van der Waals surface area contributed by atoms with Crippen LogP contribution in [0, 0.1) is 17.6 Å². The first-order chi connectivity index (χ1) is 10.9. The maximum atomic E-state index is 12.4. The number of likely N-dealkylation sites (N-methyl/N-ethyl adjacent to an activating group) is 1. The predicted octanol–water partition coefficient (Wildman–Crippen LogP) is 3.42. The lowest BCUT2D eigenvalue weighted by atomic mass is 10.1. The number of hydrogen-bond donors (Lipinski definition) is 1. The highest BCUT2D eigenvalue weighted by molar-refractivity contribution is 7.71. The van der Waals surface area contributed by atoms with Gasteiger partial charge in [0, 0.05) is 19.2 Å². The Bertz CT molecular complexity index is 715. The molecule has 1 N–H and O–H groups in total. The highest BCUT2D eigenvalue weighted by Crippen LogP contribution is 2.18. The van der Waals surface area contributed by atoms with Crippen LogP contribution in [0.5, 0.6) is 0 Å². The van der Waals surface area contributed by atoms with E-state index >= 15 is 0 Å². The molecule has 5 nitrogen and oxygen atoms in total. The zero-order valence-corrected chi connectivity index (χ0v) is 15.0. The molecule has 0 unspecified atom stereocenters. The van der Waals surface area contributed by atoms with Crippen LogP contribution >= 0.6 is 12.2 Å². The van der Waals surface area contributed by atoms with Gasteiger partial charge in [0.1, 0.15) is 6.54 Å². The smallest absolute Gasteiger partial charge is 0.242 e. The summed E-state index contributed by atoms with van der Waals surface area (Å²) in [5.74, 6) is 1.31. The van der Waals surface area contributed by atoms with Gasteiger partial charge in [-0.05, 0) is 31.5 Å². The van der Waals surface area contributed by atoms with Gasteiger partial charge in [-0.1, -0.05) is 43.7 Å². The lowest BCUT2D eigenvalue weighted by molar-refractivity contribution is -0.130. The molecule has 23 heavy (non-hydrogen) atoms. The molecule has 0 bridgehead atoms. The van der Waals surface area contributed by atoms with E-state index in [2.05, 4.69) is 24.0 Å². The lowest BCUT2D eigenvalue weighted by Crippen LogP contribution is -2.31. The fraction of sp³-hybridized carbons (Fsp3) is 0.471. The molecule has 0 saturated heterocycles. The Kier molecular flexibility index (Phi) is 5.71. The van der Waals surface area contributed by atoms with Crippen molar-refractivity contribution in [3.05, 3.63) is 34.6 Å². The zero-order chi connectivity index (χ0) is 17.0. The van der Waals surface area contributed by atoms with Crippen LogP contribution in [0.2, 0.25) is 0 Å². The molecule has 0 fully saturated rings. The number of aromatic amines is 1. The van der Waals surface area contributed by atoms with Gasteiger partial charge in [-0.3, -0.25) is 14.5 Å². The molecule has 0 aliphatic heterocycles. The number of aromatic nitrogens is 3. The SMILES string of the molecule is Cc1ccc(-c2n[nH]c(=S)n2CC(=O)N(C)CCC(C)C)cc1. The molecular formula is C17H24N4OS. The van der Waals surface area contributed by atoms with Crippen LogP contribution in [0.1, 0.15) is 25.8 Å². The number of rotatable bonds is 6. The Morgan fingerprint density at radius 1 is 1.35 bits per heavy atom. The van der Waals surface area contributed by atoms with E-state index in [1.807, 2.05) is 38.2 Å². The molecule has 2 rings (SSSR count). The van der Waals surface area contributed by atoms with Crippen LogP contribution in [0.15, 0.2) is 24.3 Å². The Morgan fingerprint density at radius 2 is 2.00 bits per heavy atom. The molecule has 6 heteroatoms. The monoisotopic (exact) mass is 332 g/mol. The molecule has 0 aliphatic carbocycles. The van der Waals surface area contributed by atoms with E-state index in [0.29, 0.717) is 16.5 Å². The second-order valence-corrected chi connectivity index (χ2v) is 6.69. The molecule has 1 aromatic heterocycles. The molecular weight excluding hydrogens is 308 g/mol. The number of benzene rings is 1. The van der Waals surface area contributed by atoms with Gasteiger partial charge in [-0.2, -0.15) is 5.10 Å². The number of nitrogens with zero attached hydrogens (tertiary/aromatic N) is 3. The Morgan fingerprint density at radius 3 is 2.61 bits per heavy atom. The van der Waals surface area contributed by atoms with Crippen LogP contribution in [0.3, 0.4) is 0 Å². The summed E-state index contributed by atoms with van der Waals surface area (Å²) >= 11 is 5.28. The van der Waals surface area contributed by atoms with Crippen molar-refractivity contribution in [1.82, 2.24) is 19.7 Å². The van der Waals surface area contributed by atoms with Crippen LogP contribution in [-0.2, 0) is 11.3 Å². The standard InChI is InChI=1S/C17H24N4OS/c1-12(2)9-10-20(4)15(22)11-21-16(18-19-17(21)23)14-7-5-13(3)6-8-14/h5-8,12H,9-11H2,1-4H3,(H,19,23). The molecule has 0 saturated carbocycles. The number of H-pyrrole nitrogens is 1. The summed E-state index contributed by atoms with van der Waals surface area (Å²) in [5.41, 5.74) is 2.12. The third-order valence-electron chi connectivity index (χ3n) is 3.83. The van der Waals surface area contributed by atoms with Gasteiger partial charge in [0.15, 0.2) is 10.6 Å². The van der Waals surface area contributed by atoms with Crippen molar-refractivity contribution in [2.24, 2.45) is 5.92 Å². The van der Waals surface area contributed by atoms with Crippen molar-refractivity contribution in [3.63, 3.8) is 0 Å². The number of carbonyl (C=O) groups is 1. The average Bonchev–Trinajstić information content (AvgIpc) is 2.86. The molecule has 1 heterocycles. The summed E-state index contributed by atoms with van der Waals surface area (Å²) in [6.45, 7) is 7.29. The Labute approximate surface area is 142 Å². The van der Waals surface area contributed by atoms with E-state index in [1.165, 1.54) is 5.56 Å². The number of carbonyl (C=O) groups excluding carboxylic acids is 1. The minimum atomic E-state index is 0.0384. The van der Waals surface area contributed by atoms with Crippen molar-refractivity contribution in [3.8, 4) is 11.4 Å². The number of hydrogen-bond acceptors (Lipinski definition) is 3. The quantitative estimate of drug-likeness (QED) is 0.825. The molecule has 0 aliphatic rings. The third-order valence-corrected chi connectivity index (χ3v) is 4.14. The summed E-state index contributed by atoms with van der Waals surface area (Å²) in [6.07, 6.45) is 0.990. The van der Waals surface area contributed by atoms with Gasteiger partial charge in [-0.15, -0.1) is 0 Å². The van der Waals surface area contributed by atoms with E-state index in [0.717, 1.165) is 18.5 Å². The fourth-order valence-corrected chi connectivity index (χ4v) is 2.42. The van der Waals surface area contributed by atoms with Crippen molar-refractivity contribution >= 4 is 18.1 Å². The minimum Gasteiger partial charge on any atom is -0.344 e. The van der Waals surface area contributed by atoms with Crippen molar-refractivity contribution < 1.29 is 4.79 Å². The van der Waals surface area contributed by atoms with E-state index in [9.17, 15) is 4.79 Å². The zero-order valence-electron chi connectivity index (χ0n) is 14.2. The second kappa shape index (κ2) is 7.55. The summed E-state index contributed by atoms with van der Waals surface area (Å²) in [5, 5.41) is 7.07. The highest BCUT2D eigenvalue weighted by Gasteiger charge is 2.15. The Hall–Kier alpha value is -1.95. The predicted molar refractivity (Wildman–Crippen MR) is 94.7 cm³/mol. The first-order valence-corrected chi connectivity index (χ1v) is 8.25. The van der Waals surface area contributed by atoms with Gasteiger partial charge >= 0.3 is 0 Å². The van der Waals surface area contributed by atoms with Gasteiger partial charge < -0.3 is 4.90 Å². The Balaban J connectivity index is 2.17. The highest BCUT2D eigenvalue weighted by atomic mass is 32.1. The van der Waals surface area contributed by atoms with E-state index in [4.69, 9.17) is 12.2 Å². The molecule has 2 aromatic rings. The van der Waals surface area contributed by atoms with E-state index < -0.39 is 0 Å². The molecule has 1 aromatic carbocycles. The van der Waals surface area contributed by atoms with Crippen molar-refractivity contribution in [1.29, 1.82) is 0 Å². The first kappa shape index (κ1) is 17.4. The van der Waals surface area contributed by atoms with Gasteiger partial charge in [-0.25, -0.2) is 0 Å². The minimum absolute atomic E-state index is 0.0384. The van der Waals surface area contributed by atoms with Gasteiger partial charge in [0.2, 0.25) is 5.91 Å². The van der Waals surface area contributed by atoms with Gasteiger partial charge in [0.05, 0.1) is 0 Å². The maximum absolute atomic E-state index is 12.4. The molecule has 1 amide bonds. The first-order valence-electron chi connectivity index (χ1n) is 7.84. The van der Waals surface area contributed by atoms with Crippen LogP contribution in [0.25, 0.3) is 11.4 Å². The summed E-state index contributed by atoms with van der Waals surface area (Å²) in [7, 11) is 1.83. The summed E-state index contributed by atoms with van der Waals surface area (Å²) in [6, 6.07) is 8.02. The summed E-state index contributed by atoms with van der Waals surface area (Å²) < 4.78 is 2.22. The van der Waals surface area contributed by atoms with E-state index in [-0.39, 0.29) is 12.5 Å². The van der Waals surface area contributed by atoms with Gasteiger partial charge in [0.25, 0.3) is 0 Å². The average molecular weight is 332 g/mol. The largest absolute Gasteiger partial charge is 0.344 e. The van der Waals surface area contributed by atoms with E-state index in [1.54, 1.807) is 9.47 Å². The lowest BCUT2D eigenvalue weighted by Gasteiger charge is -2.19. The maximum Gasteiger partial charge on any atom is 0.242 e. The van der Waals surface area contributed by atoms with Crippen molar-refractivity contribution in [2.45, 2.75) is 33.7 Å². The molecule has 0 spiro atoms. The van der Waals surface area contributed by atoms with Crippen LogP contribution < -0.4 is 0 Å². The molecule has 0 atom stereocenters. The van der Waals surface area contributed by atoms with Crippen LogP contribution in [-0.4, -0.2) is 39.2 Å². The summed E-state index contributed by atoms with van der Waals surface area (Å²) in [4.78, 5) is 14.2. The van der Waals surface area contributed by atoms with Crippen molar-refractivity contribution in [2.75, 3.05) is 13.6 Å². The topological polar surface area (TPSA) is 53.9 Å². The number of nitrogens with one attached hydrogen (secondary N) is 1. The normalized spacial score (nSPS) is 11.0. The number of aryl methyl sites for hydroxylation is 1. The third kappa shape index (κ3) is 4.51.